The van der Waals surface area contributed by atoms with Gasteiger partial charge < -0.3 is 10.5 Å². The molecular formula is C13H20N4O2. The second-order valence-corrected chi connectivity index (χ2v) is 5.83. The number of fused-ring (bicyclic) bond motifs is 1. The average Bonchev–Trinajstić information content (AvgIpc) is 2.68. The van der Waals surface area contributed by atoms with Gasteiger partial charge in [-0.05, 0) is 27.7 Å². The molecule has 0 radical (unpaired) electrons. The van der Waals surface area contributed by atoms with Crippen LogP contribution in [0.1, 0.15) is 50.8 Å². The van der Waals surface area contributed by atoms with Crippen LogP contribution in [0.2, 0.25) is 0 Å². The van der Waals surface area contributed by atoms with Crippen molar-refractivity contribution in [1.82, 2.24) is 14.9 Å². The van der Waals surface area contributed by atoms with Gasteiger partial charge >= 0.3 is 6.09 Å². The fraction of sp³-hybridized carbons (Fsp3) is 0.615. The monoisotopic (exact) mass is 264 g/mol. The predicted molar refractivity (Wildman–Crippen MR) is 70.1 cm³/mol. The number of hydrogen-bond donors (Lipinski definition) is 1. The Balaban J connectivity index is 2.10. The van der Waals surface area contributed by atoms with E-state index in [9.17, 15) is 4.79 Å². The van der Waals surface area contributed by atoms with Crippen molar-refractivity contribution in [2.45, 2.75) is 52.4 Å². The van der Waals surface area contributed by atoms with Crippen LogP contribution in [0.5, 0.6) is 0 Å². The predicted octanol–water partition coefficient (Wildman–Crippen LogP) is 1.75. The van der Waals surface area contributed by atoms with Gasteiger partial charge in [0.05, 0.1) is 24.8 Å². The molecule has 1 atom stereocenters. The first kappa shape index (κ1) is 13.7. The second kappa shape index (κ2) is 4.77. The van der Waals surface area contributed by atoms with Gasteiger partial charge in [-0.2, -0.15) is 0 Å². The van der Waals surface area contributed by atoms with Crippen LogP contribution >= 0.6 is 0 Å². The lowest BCUT2D eigenvalue weighted by Gasteiger charge is -2.23. The van der Waals surface area contributed by atoms with Crippen LogP contribution in [-0.2, 0) is 17.8 Å². The molecule has 1 aromatic heterocycles. The molecule has 1 aromatic rings. The van der Waals surface area contributed by atoms with Gasteiger partial charge in [-0.3, -0.25) is 4.90 Å². The van der Waals surface area contributed by atoms with Crippen LogP contribution in [0, 0.1) is 0 Å². The van der Waals surface area contributed by atoms with E-state index in [1.54, 1.807) is 11.1 Å². The van der Waals surface area contributed by atoms with Crippen molar-refractivity contribution in [3.8, 4) is 0 Å². The van der Waals surface area contributed by atoms with E-state index in [-0.39, 0.29) is 12.1 Å². The molecule has 6 heteroatoms. The maximum absolute atomic E-state index is 12.0. The Kier molecular flexibility index (Phi) is 3.45. The third-order valence-corrected chi connectivity index (χ3v) is 2.73. The van der Waals surface area contributed by atoms with Crippen LogP contribution < -0.4 is 5.73 Å². The number of carbonyl (C=O) groups is 1. The van der Waals surface area contributed by atoms with E-state index in [0.29, 0.717) is 18.9 Å². The van der Waals surface area contributed by atoms with Gasteiger partial charge in [0.15, 0.2) is 0 Å². The van der Waals surface area contributed by atoms with Crippen LogP contribution in [0.25, 0.3) is 0 Å². The number of hydrogen-bond acceptors (Lipinski definition) is 5. The highest BCUT2D eigenvalue weighted by Crippen LogP contribution is 2.23. The summed E-state index contributed by atoms with van der Waals surface area (Å²) >= 11 is 0. The Bertz CT molecular complexity index is 494. The Morgan fingerprint density at radius 1 is 1.47 bits per heavy atom. The first-order chi connectivity index (χ1) is 8.76. The van der Waals surface area contributed by atoms with Crippen LogP contribution in [0.4, 0.5) is 4.79 Å². The molecule has 0 aliphatic carbocycles. The summed E-state index contributed by atoms with van der Waals surface area (Å²) in [6.45, 7) is 8.32. The van der Waals surface area contributed by atoms with Gasteiger partial charge in [0.2, 0.25) is 0 Å². The highest BCUT2D eigenvalue weighted by Gasteiger charge is 2.29. The van der Waals surface area contributed by atoms with Crippen LogP contribution in [0.15, 0.2) is 6.20 Å². The molecule has 0 unspecified atom stereocenters. The highest BCUT2D eigenvalue weighted by molar-refractivity contribution is 5.69. The number of ether oxygens (including phenoxy) is 1. The minimum Gasteiger partial charge on any atom is -0.444 e. The number of nitrogens with zero attached hydrogens (tertiary/aromatic N) is 3. The zero-order valence-electron chi connectivity index (χ0n) is 11.8. The standard InChI is InChI=1S/C13H20N4O2/c1-8(14)11-15-5-9-6-17(7-10(9)16-11)12(18)19-13(2,3)4/h5,8H,6-7,14H2,1-4H3/t8-/m0/s1. The van der Waals surface area contributed by atoms with Gasteiger partial charge in [0.1, 0.15) is 11.4 Å². The zero-order chi connectivity index (χ0) is 14.2. The molecule has 2 heterocycles. The quantitative estimate of drug-likeness (QED) is 0.835. The fourth-order valence-corrected chi connectivity index (χ4v) is 1.84. The van der Waals surface area contributed by atoms with E-state index >= 15 is 0 Å². The molecule has 0 saturated carbocycles. The van der Waals surface area contributed by atoms with E-state index < -0.39 is 5.60 Å². The zero-order valence-corrected chi connectivity index (χ0v) is 11.8. The summed E-state index contributed by atoms with van der Waals surface area (Å²) in [4.78, 5) is 22.2. The Hall–Kier alpha value is -1.69. The molecule has 2 rings (SSSR count). The summed E-state index contributed by atoms with van der Waals surface area (Å²) in [6.07, 6.45) is 1.42. The van der Waals surface area contributed by atoms with Crippen molar-refractivity contribution < 1.29 is 9.53 Å². The molecule has 0 aromatic carbocycles. The second-order valence-electron chi connectivity index (χ2n) is 5.83. The molecule has 1 amide bonds. The lowest BCUT2D eigenvalue weighted by Crippen LogP contribution is -2.33. The summed E-state index contributed by atoms with van der Waals surface area (Å²) in [5.74, 6) is 0.602. The molecule has 19 heavy (non-hydrogen) atoms. The Labute approximate surface area is 113 Å². The lowest BCUT2D eigenvalue weighted by molar-refractivity contribution is 0.0240. The van der Waals surface area contributed by atoms with Crippen molar-refractivity contribution in [2.24, 2.45) is 5.73 Å². The van der Waals surface area contributed by atoms with Crippen molar-refractivity contribution in [1.29, 1.82) is 0 Å². The summed E-state index contributed by atoms with van der Waals surface area (Å²) < 4.78 is 5.34. The third-order valence-electron chi connectivity index (χ3n) is 2.73. The number of amides is 1. The van der Waals surface area contributed by atoms with Gasteiger partial charge in [0, 0.05) is 11.8 Å². The van der Waals surface area contributed by atoms with Gasteiger partial charge in [0.25, 0.3) is 0 Å². The Morgan fingerprint density at radius 3 is 2.74 bits per heavy atom. The molecule has 0 saturated heterocycles. The highest BCUT2D eigenvalue weighted by atomic mass is 16.6. The fourth-order valence-electron chi connectivity index (χ4n) is 1.84. The number of aromatic nitrogens is 2. The summed E-state index contributed by atoms with van der Waals surface area (Å²) in [6, 6.07) is -0.208. The third kappa shape index (κ3) is 3.20. The Morgan fingerprint density at radius 2 is 2.16 bits per heavy atom. The largest absolute Gasteiger partial charge is 0.444 e. The molecular weight excluding hydrogens is 244 g/mol. The van der Waals surface area contributed by atoms with Gasteiger partial charge in [-0.15, -0.1) is 0 Å². The first-order valence-corrected chi connectivity index (χ1v) is 6.34. The van der Waals surface area contributed by atoms with Crippen molar-refractivity contribution in [2.75, 3.05) is 0 Å². The number of rotatable bonds is 1. The number of carbonyl (C=O) groups excluding carboxylic acids is 1. The normalized spacial score (nSPS) is 16.2. The molecule has 104 valence electrons. The van der Waals surface area contributed by atoms with Gasteiger partial charge in [-0.25, -0.2) is 14.8 Å². The topological polar surface area (TPSA) is 81.3 Å². The van der Waals surface area contributed by atoms with E-state index in [1.807, 2.05) is 27.7 Å². The van der Waals surface area contributed by atoms with Crippen LogP contribution in [0.3, 0.4) is 0 Å². The summed E-state index contributed by atoms with van der Waals surface area (Å²) in [7, 11) is 0. The molecule has 1 aliphatic rings. The summed E-state index contributed by atoms with van der Waals surface area (Å²) in [5, 5.41) is 0. The maximum Gasteiger partial charge on any atom is 0.410 e. The molecule has 0 fully saturated rings. The number of nitrogens with two attached hydrogens (primary N) is 1. The summed E-state index contributed by atoms with van der Waals surface area (Å²) in [5.41, 5.74) is 7.07. The van der Waals surface area contributed by atoms with Crippen molar-refractivity contribution >= 4 is 6.09 Å². The molecule has 0 spiro atoms. The molecule has 0 bridgehead atoms. The van der Waals surface area contributed by atoms with E-state index in [0.717, 1.165) is 11.3 Å². The van der Waals surface area contributed by atoms with Gasteiger partial charge in [-0.1, -0.05) is 0 Å². The van der Waals surface area contributed by atoms with Crippen molar-refractivity contribution in [3.05, 3.63) is 23.3 Å². The van der Waals surface area contributed by atoms with E-state index in [4.69, 9.17) is 10.5 Å². The van der Waals surface area contributed by atoms with E-state index in [1.165, 1.54) is 0 Å². The molecule has 6 nitrogen and oxygen atoms in total. The smallest absolute Gasteiger partial charge is 0.410 e. The lowest BCUT2D eigenvalue weighted by atomic mass is 10.2. The maximum atomic E-state index is 12.0. The minimum absolute atomic E-state index is 0.208. The SMILES string of the molecule is C[C@H](N)c1ncc2c(n1)CN(C(=O)OC(C)(C)C)C2. The molecule has 2 N–H and O–H groups in total. The minimum atomic E-state index is -0.492. The van der Waals surface area contributed by atoms with E-state index in [2.05, 4.69) is 9.97 Å². The van der Waals surface area contributed by atoms with Crippen molar-refractivity contribution in [3.63, 3.8) is 0 Å². The first-order valence-electron chi connectivity index (χ1n) is 6.34. The molecule has 1 aliphatic heterocycles. The average molecular weight is 264 g/mol. The van der Waals surface area contributed by atoms with Crippen LogP contribution in [-0.4, -0.2) is 26.6 Å².